The molecule has 0 spiro atoms. The predicted molar refractivity (Wildman–Crippen MR) is 92.9 cm³/mol. The second kappa shape index (κ2) is 7.00. The summed E-state index contributed by atoms with van der Waals surface area (Å²) >= 11 is 0. The standard InChI is InChI=1S/C19H16N2O4/c1-13(25-19(23)15-8-10-21(24)11-9-15)18(22)20-17-7-6-14-4-2-3-5-16(14)12-17/h2-13H,1H3,(H,20,22). The van der Waals surface area contributed by atoms with Gasteiger partial charge in [0.1, 0.15) is 0 Å². The number of anilines is 1. The fraction of sp³-hybridized carbons (Fsp3) is 0.105. The molecule has 0 fully saturated rings. The van der Waals surface area contributed by atoms with Gasteiger partial charge < -0.3 is 15.3 Å². The van der Waals surface area contributed by atoms with E-state index in [-0.39, 0.29) is 5.56 Å². The number of ether oxygens (including phenoxy) is 1. The number of carbonyl (C=O) groups is 2. The fourth-order valence-electron chi connectivity index (χ4n) is 2.34. The van der Waals surface area contributed by atoms with Crippen molar-refractivity contribution in [1.82, 2.24) is 0 Å². The Balaban J connectivity index is 1.65. The molecule has 126 valence electrons. The lowest BCUT2D eigenvalue weighted by molar-refractivity contribution is -0.605. The van der Waals surface area contributed by atoms with E-state index in [1.807, 2.05) is 36.4 Å². The van der Waals surface area contributed by atoms with Gasteiger partial charge in [0.25, 0.3) is 5.91 Å². The minimum absolute atomic E-state index is 0.206. The molecule has 25 heavy (non-hydrogen) atoms. The summed E-state index contributed by atoms with van der Waals surface area (Å²) in [4.78, 5) is 24.2. The van der Waals surface area contributed by atoms with E-state index in [0.717, 1.165) is 10.8 Å². The van der Waals surface area contributed by atoms with E-state index >= 15 is 0 Å². The number of fused-ring (bicyclic) bond motifs is 1. The van der Waals surface area contributed by atoms with Gasteiger partial charge in [0.2, 0.25) is 0 Å². The van der Waals surface area contributed by atoms with Gasteiger partial charge in [-0.1, -0.05) is 30.3 Å². The maximum atomic E-state index is 12.2. The van der Waals surface area contributed by atoms with E-state index in [1.165, 1.54) is 31.5 Å². The number of rotatable bonds is 4. The number of hydrogen-bond acceptors (Lipinski definition) is 4. The smallest absolute Gasteiger partial charge is 0.339 e. The molecule has 1 heterocycles. The van der Waals surface area contributed by atoms with Crippen LogP contribution in [0.15, 0.2) is 67.0 Å². The van der Waals surface area contributed by atoms with Crippen LogP contribution in [-0.2, 0) is 9.53 Å². The molecule has 0 aliphatic carbocycles. The zero-order valence-electron chi connectivity index (χ0n) is 13.5. The molecule has 1 aromatic heterocycles. The number of hydrogen-bond donors (Lipinski definition) is 1. The molecule has 0 aliphatic heterocycles. The molecule has 0 bridgehead atoms. The van der Waals surface area contributed by atoms with E-state index in [1.54, 1.807) is 6.07 Å². The van der Waals surface area contributed by atoms with Crippen LogP contribution >= 0.6 is 0 Å². The van der Waals surface area contributed by atoms with Crippen molar-refractivity contribution >= 4 is 28.3 Å². The number of carbonyl (C=O) groups excluding carboxylic acids is 2. The topological polar surface area (TPSA) is 82.3 Å². The first-order valence-corrected chi connectivity index (χ1v) is 7.72. The third kappa shape index (κ3) is 3.92. The van der Waals surface area contributed by atoms with Gasteiger partial charge in [-0.25, -0.2) is 4.79 Å². The Kier molecular flexibility index (Phi) is 4.61. The maximum Gasteiger partial charge on any atom is 0.339 e. The number of nitrogens with one attached hydrogen (secondary N) is 1. The summed E-state index contributed by atoms with van der Waals surface area (Å²) < 4.78 is 5.70. The Labute approximate surface area is 144 Å². The molecule has 3 rings (SSSR count). The second-order valence-corrected chi connectivity index (χ2v) is 5.55. The van der Waals surface area contributed by atoms with Crippen LogP contribution < -0.4 is 10.0 Å². The van der Waals surface area contributed by atoms with E-state index in [9.17, 15) is 14.8 Å². The Bertz CT molecular complexity index is 922. The highest BCUT2D eigenvalue weighted by atomic mass is 16.5. The molecule has 6 heteroatoms. The van der Waals surface area contributed by atoms with Crippen LogP contribution in [0.4, 0.5) is 5.69 Å². The zero-order valence-corrected chi connectivity index (χ0v) is 13.5. The van der Waals surface area contributed by atoms with Crippen LogP contribution in [0.2, 0.25) is 0 Å². The number of aromatic nitrogens is 1. The molecule has 0 aliphatic rings. The van der Waals surface area contributed by atoms with Gasteiger partial charge in [-0.15, -0.1) is 0 Å². The van der Waals surface area contributed by atoms with Crippen LogP contribution in [0.1, 0.15) is 17.3 Å². The molecule has 1 N–H and O–H groups in total. The van der Waals surface area contributed by atoms with E-state index in [4.69, 9.17) is 4.74 Å². The summed E-state index contributed by atoms with van der Waals surface area (Å²) in [6, 6.07) is 16.0. The Morgan fingerprint density at radius 2 is 1.72 bits per heavy atom. The van der Waals surface area contributed by atoms with Crippen molar-refractivity contribution < 1.29 is 19.1 Å². The lowest BCUT2D eigenvalue weighted by atomic mass is 10.1. The lowest BCUT2D eigenvalue weighted by Gasteiger charge is -2.14. The summed E-state index contributed by atoms with van der Waals surface area (Å²) in [5.74, 6) is -1.10. The number of amides is 1. The van der Waals surface area contributed by atoms with E-state index < -0.39 is 18.0 Å². The monoisotopic (exact) mass is 336 g/mol. The highest BCUT2D eigenvalue weighted by Crippen LogP contribution is 2.19. The molecular formula is C19H16N2O4. The number of benzene rings is 2. The van der Waals surface area contributed by atoms with Crippen molar-refractivity contribution in [3.63, 3.8) is 0 Å². The van der Waals surface area contributed by atoms with Crippen LogP contribution in [-0.4, -0.2) is 18.0 Å². The molecule has 0 saturated heterocycles. The van der Waals surface area contributed by atoms with Gasteiger partial charge in [0.05, 0.1) is 5.56 Å². The molecule has 0 saturated carbocycles. The fourth-order valence-corrected chi connectivity index (χ4v) is 2.34. The predicted octanol–water partition coefficient (Wildman–Crippen LogP) is 2.66. The van der Waals surface area contributed by atoms with Gasteiger partial charge in [0, 0.05) is 17.8 Å². The highest BCUT2D eigenvalue weighted by molar-refractivity contribution is 5.98. The summed E-state index contributed by atoms with van der Waals surface area (Å²) in [6.45, 7) is 1.49. The van der Waals surface area contributed by atoms with Crippen LogP contribution in [0.5, 0.6) is 0 Å². The largest absolute Gasteiger partial charge is 0.619 e. The first-order chi connectivity index (χ1) is 12.0. The summed E-state index contributed by atoms with van der Waals surface area (Å²) in [5, 5.41) is 15.8. The Hall–Kier alpha value is -3.41. The summed E-state index contributed by atoms with van der Waals surface area (Å²) in [6.07, 6.45) is 1.41. The first-order valence-electron chi connectivity index (χ1n) is 7.72. The molecule has 2 aromatic carbocycles. The molecule has 1 amide bonds. The Morgan fingerprint density at radius 1 is 1.04 bits per heavy atom. The maximum absolute atomic E-state index is 12.2. The quantitative estimate of drug-likeness (QED) is 0.451. The van der Waals surface area contributed by atoms with Gasteiger partial charge in [0.15, 0.2) is 18.5 Å². The van der Waals surface area contributed by atoms with Crippen LogP contribution in [0, 0.1) is 5.21 Å². The average Bonchev–Trinajstić information content (AvgIpc) is 2.62. The van der Waals surface area contributed by atoms with Crippen molar-refractivity contribution in [3.8, 4) is 0 Å². The third-order valence-electron chi connectivity index (χ3n) is 3.71. The van der Waals surface area contributed by atoms with Crippen molar-refractivity contribution in [3.05, 3.63) is 77.8 Å². The first kappa shape index (κ1) is 16.4. The number of pyridine rings is 1. The highest BCUT2D eigenvalue weighted by Gasteiger charge is 2.19. The van der Waals surface area contributed by atoms with Crippen LogP contribution in [0.25, 0.3) is 10.8 Å². The van der Waals surface area contributed by atoms with E-state index in [0.29, 0.717) is 10.4 Å². The SMILES string of the molecule is CC(OC(=O)c1cc[n+]([O-])cc1)C(=O)Nc1ccc2ccccc2c1. The van der Waals surface area contributed by atoms with Crippen molar-refractivity contribution in [2.24, 2.45) is 0 Å². The summed E-state index contributed by atoms with van der Waals surface area (Å²) in [5.41, 5.74) is 0.830. The third-order valence-corrected chi connectivity index (χ3v) is 3.71. The Morgan fingerprint density at radius 3 is 2.44 bits per heavy atom. The van der Waals surface area contributed by atoms with Crippen molar-refractivity contribution in [1.29, 1.82) is 0 Å². The minimum Gasteiger partial charge on any atom is -0.619 e. The molecule has 6 nitrogen and oxygen atoms in total. The van der Waals surface area contributed by atoms with Crippen molar-refractivity contribution in [2.75, 3.05) is 5.32 Å². The molecule has 0 radical (unpaired) electrons. The number of nitrogens with zero attached hydrogens (tertiary/aromatic N) is 1. The minimum atomic E-state index is -0.974. The molecule has 1 unspecified atom stereocenters. The molecule has 3 aromatic rings. The number of esters is 1. The molecule has 1 atom stereocenters. The van der Waals surface area contributed by atoms with Gasteiger partial charge in [-0.3, -0.25) is 4.79 Å². The van der Waals surface area contributed by atoms with Gasteiger partial charge in [-0.2, -0.15) is 4.73 Å². The van der Waals surface area contributed by atoms with E-state index in [2.05, 4.69) is 5.32 Å². The average molecular weight is 336 g/mol. The van der Waals surface area contributed by atoms with Gasteiger partial charge in [-0.05, 0) is 29.8 Å². The van der Waals surface area contributed by atoms with Crippen molar-refractivity contribution in [2.45, 2.75) is 13.0 Å². The summed E-state index contributed by atoms with van der Waals surface area (Å²) in [7, 11) is 0. The normalized spacial score (nSPS) is 11.7. The molecular weight excluding hydrogens is 320 g/mol. The second-order valence-electron chi connectivity index (χ2n) is 5.55. The van der Waals surface area contributed by atoms with Gasteiger partial charge >= 0.3 is 5.97 Å². The zero-order chi connectivity index (χ0) is 17.8. The lowest BCUT2D eigenvalue weighted by Crippen LogP contribution is -2.30. The van der Waals surface area contributed by atoms with Crippen LogP contribution in [0.3, 0.4) is 0 Å².